The van der Waals surface area contributed by atoms with Gasteiger partial charge >= 0.3 is 0 Å². The highest BCUT2D eigenvalue weighted by Crippen LogP contribution is 2.26. The van der Waals surface area contributed by atoms with Crippen molar-refractivity contribution < 1.29 is 4.79 Å². The highest BCUT2D eigenvalue weighted by Gasteiger charge is 2.11. The summed E-state index contributed by atoms with van der Waals surface area (Å²) in [6.07, 6.45) is 1.63. The topological polar surface area (TPSA) is 72.2 Å². The molecule has 0 atom stereocenters. The molecule has 0 bridgehead atoms. The van der Waals surface area contributed by atoms with Crippen LogP contribution >= 0.6 is 35.0 Å². The van der Waals surface area contributed by atoms with Crippen LogP contribution in [0.4, 0.5) is 0 Å². The van der Waals surface area contributed by atoms with Gasteiger partial charge in [-0.2, -0.15) is 5.10 Å². The lowest BCUT2D eigenvalue weighted by atomic mass is 10.2. The summed E-state index contributed by atoms with van der Waals surface area (Å²) < 4.78 is 2.04. The first-order valence-corrected chi connectivity index (χ1v) is 10.9. The van der Waals surface area contributed by atoms with E-state index in [1.54, 1.807) is 12.3 Å². The van der Waals surface area contributed by atoms with Gasteiger partial charge in [0.25, 0.3) is 5.91 Å². The number of hydrogen-bond donors (Lipinski definition) is 1. The monoisotopic (exact) mass is 461 g/mol. The molecule has 0 aliphatic heterocycles. The number of carbonyl (C=O) groups is 1. The molecule has 0 radical (unpaired) electrons. The molecule has 6 nitrogen and oxygen atoms in total. The Labute approximate surface area is 189 Å². The summed E-state index contributed by atoms with van der Waals surface area (Å²) in [7, 11) is 0. The zero-order chi connectivity index (χ0) is 21.8. The number of benzene rings is 1. The average molecular weight is 462 g/mol. The Kier molecular flexibility index (Phi) is 7.18. The van der Waals surface area contributed by atoms with Crippen molar-refractivity contribution in [3.05, 3.63) is 68.7 Å². The third kappa shape index (κ3) is 5.62. The number of aromatic nitrogens is 3. The molecule has 0 aliphatic carbocycles. The summed E-state index contributed by atoms with van der Waals surface area (Å²) in [6, 6.07) is 9.27. The maximum absolute atomic E-state index is 12.1. The Balaban J connectivity index is 1.65. The fourth-order valence-electron chi connectivity index (χ4n) is 3.08. The second-order valence-corrected chi connectivity index (χ2v) is 8.62. The first-order chi connectivity index (χ1) is 14.2. The minimum absolute atomic E-state index is 0.181. The van der Waals surface area contributed by atoms with Crippen LogP contribution < -0.4 is 5.43 Å². The Bertz CT molecular complexity index is 1090. The van der Waals surface area contributed by atoms with Crippen molar-refractivity contribution in [3.63, 3.8) is 0 Å². The fraction of sp³-hybridized carbons (Fsp3) is 0.238. The molecule has 156 valence electrons. The molecule has 0 unspecified atom stereocenters. The van der Waals surface area contributed by atoms with Crippen LogP contribution in [0, 0.1) is 27.7 Å². The summed E-state index contributed by atoms with van der Waals surface area (Å²) >= 11 is 13.6. The largest absolute Gasteiger partial charge is 0.318 e. The Morgan fingerprint density at radius 3 is 2.33 bits per heavy atom. The minimum atomic E-state index is -0.227. The molecule has 0 aliphatic rings. The molecule has 0 fully saturated rings. The molecule has 3 aromatic rings. The van der Waals surface area contributed by atoms with Gasteiger partial charge < -0.3 is 4.57 Å². The molecule has 9 heteroatoms. The molecule has 3 rings (SSSR count). The van der Waals surface area contributed by atoms with Gasteiger partial charge in [-0.3, -0.25) is 4.79 Å². The van der Waals surface area contributed by atoms with E-state index in [2.05, 4.69) is 20.5 Å². The highest BCUT2D eigenvalue weighted by molar-refractivity contribution is 7.99. The number of amides is 1. The Hall–Kier alpha value is -2.35. The standard InChI is InChI=1S/C21H21Cl2N5OS/c1-12-5-13(2)26-21(25-12)30-11-20(29)27-24-10-16-6-14(3)28(15(16)4)19-8-17(22)7-18(23)9-19/h5-10H,11H2,1-4H3,(H,27,29)/b24-10+. The van der Waals surface area contributed by atoms with Crippen LogP contribution in [-0.2, 0) is 4.79 Å². The van der Waals surface area contributed by atoms with Gasteiger partial charge in [-0.05, 0) is 58.0 Å². The van der Waals surface area contributed by atoms with E-state index in [0.717, 1.165) is 34.0 Å². The lowest BCUT2D eigenvalue weighted by Gasteiger charge is -2.10. The van der Waals surface area contributed by atoms with Gasteiger partial charge in [0.1, 0.15) is 0 Å². The number of hydrogen-bond acceptors (Lipinski definition) is 5. The van der Waals surface area contributed by atoms with Gasteiger partial charge in [0, 0.05) is 44.1 Å². The molecule has 1 aromatic carbocycles. The quantitative estimate of drug-likeness (QED) is 0.241. The maximum atomic E-state index is 12.1. The molecule has 0 spiro atoms. The fourth-order valence-corrected chi connectivity index (χ4v) is 4.33. The second-order valence-electron chi connectivity index (χ2n) is 6.80. The number of halogens is 2. The molecule has 1 amide bonds. The first-order valence-electron chi connectivity index (χ1n) is 9.15. The van der Waals surface area contributed by atoms with E-state index in [1.807, 2.05) is 56.5 Å². The summed E-state index contributed by atoms with van der Waals surface area (Å²) in [5.41, 5.74) is 8.01. The molecule has 0 saturated carbocycles. The van der Waals surface area contributed by atoms with Crippen LogP contribution in [-0.4, -0.2) is 32.4 Å². The smallest absolute Gasteiger partial charge is 0.250 e. The van der Waals surface area contributed by atoms with E-state index in [4.69, 9.17) is 23.2 Å². The predicted octanol–water partition coefficient (Wildman–Crippen LogP) is 5.05. The van der Waals surface area contributed by atoms with Gasteiger partial charge in [-0.15, -0.1) is 0 Å². The number of carbonyl (C=O) groups excluding carboxylic acids is 1. The third-order valence-corrected chi connectivity index (χ3v) is 5.55. The molecule has 0 saturated heterocycles. The van der Waals surface area contributed by atoms with Crippen LogP contribution in [0.25, 0.3) is 5.69 Å². The van der Waals surface area contributed by atoms with E-state index in [-0.39, 0.29) is 11.7 Å². The maximum Gasteiger partial charge on any atom is 0.250 e. The zero-order valence-electron chi connectivity index (χ0n) is 17.0. The highest BCUT2D eigenvalue weighted by atomic mass is 35.5. The zero-order valence-corrected chi connectivity index (χ0v) is 19.4. The molecular weight excluding hydrogens is 441 g/mol. The van der Waals surface area contributed by atoms with Crippen molar-refractivity contribution >= 4 is 47.1 Å². The number of nitrogens with one attached hydrogen (secondary N) is 1. The molecular formula is C21H21Cl2N5OS. The van der Waals surface area contributed by atoms with Crippen LogP contribution in [0.5, 0.6) is 0 Å². The number of nitrogens with zero attached hydrogens (tertiary/aromatic N) is 4. The second kappa shape index (κ2) is 9.64. The summed E-state index contributed by atoms with van der Waals surface area (Å²) in [5, 5.41) is 5.80. The number of thioether (sulfide) groups is 1. The number of aryl methyl sites for hydroxylation is 3. The third-order valence-electron chi connectivity index (χ3n) is 4.26. The summed E-state index contributed by atoms with van der Waals surface area (Å²) in [5.74, 6) is -0.0465. The van der Waals surface area contributed by atoms with Crippen molar-refractivity contribution in [3.8, 4) is 5.69 Å². The van der Waals surface area contributed by atoms with Crippen molar-refractivity contribution in [1.29, 1.82) is 0 Å². The molecule has 2 aromatic heterocycles. The van der Waals surface area contributed by atoms with Gasteiger partial charge in [0.2, 0.25) is 0 Å². The Morgan fingerprint density at radius 1 is 1.07 bits per heavy atom. The number of hydrazone groups is 1. The van der Waals surface area contributed by atoms with Crippen molar-refractivity contribution in [2.75, 3.05) is 5.75 Å². The van der Waals surface area contributed by atoms with Crippen LogP contribution in [0.2, 0.25) is 10.0 Å². The van der Waals surface area contributed by atoms with Crippen LogP contribution in [0.15, 0.2) is 40.6 Å². The molecule has 2 heterocycles. The predicted molar refractivity (Wildman–Crippen MR) is 123 cm³/mol. The average Bonchev–Trinajstić information content (AvgIpc) is 2.92. The normalized spacial score (nSPS) is 11.3. The Morgan fingerprint density at radius 2 is 1.70 bits per heavy atom. The van der Waals surface area contributed by atoms with Gasteiger partial charge in [0.15, 0.2) is 5.16 Å². The SMILES string of the molecule is Cc1cc(C)nc(SCC(=O)N/N=C/c2cc(C)n(-c3cc(Cl)cc(Cl)c3)c2C)n1. The van der Waals surface area contributed by atoms with Gasteiger partial charge in [0.05, 0.1) is 12.0 Å². The molecule has 1 N–H and O–H groups in total. The summed E-state index contributed by atoms with van der Waals surface area (Å²) in [4.78, 5) is 20.7. The van der Waals surface area contributed by atoms with E-state index < -0.39 is 0 Å². The van der Waals surface area contributed by atoms with Crippen LogP contribution in [0.1, 0.15) is 28.3 Å². The van der Waals surface area contributed by atoms with Gasteiger partial charge in [-0.25, -0.2) is 15.4 Å². The minimum Gasteiger partial charge on any atom is -0.318 e. The van der Waals surface area contributed by atoms with Crippen molar-refractivity contribution in [2.24, 2.45) is 5.10 Å². The van der Waals surface area contributed by atoms with E-state index in [1.165, 1.54) is 11.8 Å². The molecule has 30 heavy (non-hydrogen) atoms. The van der Waals surface area contributed by atoms with Crippen molar-refractivity contribution in [1.82, 2.24) is 20.0 Å². The van der Waals surface area contributed by atoms with Gasteiger partial charge in [-0.1, -0.05) is 35.0 Å². The first kappa shape index (κ1) is 22.3. The van der Waals surface area contributed by atoms with E-state index in [9.17, 15) is 4.79 Å². The van der Waals surface area contributed by atoms with Crippen LogP contribution in [0.3, 0.4) is 0 Å². The summed E-state index contributed by atoms with van der Waals surface area (Å²) in [6.45, 7) is 7.75. The lowest BCUT2D eigenvalue weighted by molar-refractivity contribution is -0.118. The van der Waals surface area contributed by atoms with Crippen molar-refractivity contribution in [2.45, 2.75) is 32.9 Å². The lowest BCUT2D eigenvalue weighted by Crippen LogP contribution is -2.19. The van der Waals surface area contributed by atoms with E-state index >= 15 is 0 Å². The number of rotatable bonds is 6. The van der Waals surface area contributed by atoms with E-state index in [0.29, 0.717) is 15.2 Å².